The van der Waals surface area contributed by atoms with E-state index in [9.17, 15) is 9.59 Å². The first-order valence-corrected chi connectivity index (χ1v) is 8.70. The van der Waals surface area contributed by atoms with Crippen molar-refractivity contribution in [1.82, 2.24) is 10.2 Å². The zero-order chi connectivity index (χ0) is 17.9. The Balaban J connectivity index is 2.08. The second-order valence-corrected chi connectivity index (χ2v) is 7.14. The van der Waals surface area contributed by atoms with Crippen LogP contribution in [0.5, 0.6) is 0 Å². The van der Waals surface area contributed by atoms with Crippen LogP contribution in [0.2, 0.25) is 0 Å². The van der Waals surface area contributed by atoms with Gasteiger partial charge >= 0.3 is 0 Å². The molecule has 5 heteroatoms. The third kappa shape index (κ3) is 4.28. The lowest BCUT2D eigenvalue weighted by Gasteiger charge is -2.30. The van der Waals surface area contributed by atoms with Crippen molar-refractivity contribution in [2.75, 3.05) is 18.9 Å². The van der Waals surface area contributed by atoms with Gasteiger partial charge in [-0.25, -0.2) is 0 Å². The number of carbonyl (C=O) groups is 2. The van der Waals surface area contributed by atoms with Crippen molar-refractivity contribution < 1.29 is 9.59 Å². The van der Waals surface area contributed by atoms with E-state index in [-0.39, 0.29) is 17.9 Å². The lowest BCUT2D eigenvalue weighted by molar-refractivity contribution is -0.132. The van der Waals surface area contributed by atoms with Gasteiger partial charge in [-0.15, -0.1) is 0 Å². The summed E-state index contributed by atoms with van der Waals surface area (Å²) >= 11 is 0. The van der Waals surface area contributed by atoms with Crippen LogP contribution in [0.4, 0.5) is 5.69 Å². The second-order valence-electron chi connectivity index (χ2n) is 7.14. The zero-order valence-electron chi connectivity index (χ0n) is 15.3. The Morgan fingerprint density at radius 1 is 1.29 bits per heavy atom. The van der Waals surface area contributed by atoms with Gasteiger partial charge in [-0.1, -0.05) is 19.9 Å². The molecule has 24 heavy (non-hydrogen) atoms. The maximum absolute atomic E-state index is 12.7. The number of piperidine rings is 1. The minimum Gasteiger partial charge on any atom is -0.382 e. The van der Waals surface area contributed by atoms with Gasteiger partial charge in [0.15, 0.2) is 0 Å². The monoisotopic (exact) mass is 331 g/mol. The van der Waals surface area contributed by atoms with Crippen molar-refractivity contribution in [3.63, 3.8) is 0 Å². The van der Waals surface area contributed by atoms with Crippen LogP contribution in [0.3, 0.4) is 0 Å². The highest BCUT2D eigenvalue weighted by Gasteiger charge is 2.25. The topological polar surface area (TPSA) is 61.4 Å². The summed E-state index contributed by atoms with van der Waals surface area (Å²) in [6.07, 6.45) is 1.20. The average Bonchev–Trinajstić information content (AvgIpc) is 2.52. The molecule has 0 radical (unpaired) electrons. The molecule has 2 amide bonds. The van der Waals surface area contributed by atoms with E-state index in [1.54, 1.807) is 11.9 Å². The second kappa shape index (κ2) is 7.69. The smallest absolute Gasteiger partial charge is 0.251 e. The lowest BCUT2D eigenvalue weighted by atomic mass is 10.0. The van der Waals surface area contributed by atoms with Crippen LogP contribution in [-0.2, 0) is 4.79 Å². The minimum atomic E-state index is -0.0684. The van der Waals surface area contributed by atoms with Gasteiger partial charge in [-0.05, 0) is 43.9 Å². The maximum Gasteiger partial charge on any atom is 0.251 e. The van der Waals surface area contributed by atoms with Gasteiger partial charge in [0, 0.05) is 43.3 Å². The molecule has 1 saturated heterocycles. The molecule has 1 aliphatic heterocycles. The highest BCUT2D eigenvalue weighted by Crippen LogP contribution is 2.22. The number of likely N-dealkylation sites (N-methyl/N-ethyl adjacent to an activating group) is 1. The quantitative estimate of drug-likeness (QED) is 0.872. The molecule has 0 aromatic heterocycles. The molecule has 1 aromatic rings. The summed E-state index contributed by atoms with van der Waals surface area (Å²) in [6, 6.07) is 6.13. The van der Waals surface area contributed by atoms with Crippen LogP contribution in [0.15, 0.2) is 18.2 Å². The predicted octanol–water partition coefficient (Wildman–Crippen LogP) is 2.80. The van der Waals surface area contributed by atoms with E-state index in [4.69, 9.17) is 0 Å². The summed E-state index contributed by atoms with van der Waals surface area (Å²) in [4.78, 5) is 25.9. The van der Waals surface area contributed by atoms with Crippen LogP contribution in [0.25, 0.3) is 0 Å². The number of hydrogen-bond donors (Lipinski definition) is 2. The van der Waals surface area contributed by atoms with E-state index in [2.05, 4.69) is 31.4 Å². The van der Waals surface area contributed by atoms with Gasteiger partial charge in [-0.2, -0.15) is 0 Å². The van der Waals surface area contributed by atoms with E-state index in [0.29, 0.717) is 36.9 Å². The number of hydrogen-bond acceptors (Lipinski definition) is 3. The first kappa shape index (κ1) is 18.3. The zero-order valence-corrected chi connectivity index (χ0v) is 15.3. The summed E-state index contributed by atoms with van der Waals surface area (Å²) in [7, 11) is 1.78. The number of rotatable bonds is 5. The van der Waals surface area contributed by atoms with E-state index < -0.39 is 0 Å². The number of amides is 2. The van der Waals surface area contributed by atoms with Crippen molar-refractivity contribution in [2.45, 2.75) is 52.6 Å². The van der Waals surface area contributed by atoms with Crippen LogP contribution >= 0.6 is 0 Å². The lowest BCUT2D eigenvalue weighted by Crippen LogP contribution is -2.48. The minimum absolute atomic E-state index is 0.0193. The number of benzene rings is 1. The highest BCUT2D eigenvalue weighted by atomic mass is 16.2. The number of nitrogens with one attached hydrogen (secondary N) is 2. The molecule has 0 spiro atoms. The molecular formula is C19H29N3O2. The van der Waals surface area contributed by atoms with Gasteiger partial charge in [-0.3, -0.25) is 9.59 Å². The van der Waals surface area contributed by atoms with Crippen LogP contribution in [0, 0.1) is 12.8 Å². The highest BCUT2D eigenvalue weighted by molar-refractivity contribution is 5.97. The Bertz CT molecular complexity index is 613. The number of anilines is 1. The van der Waals surface area contributed by atoms with E-state index in [0.717, 1.165) is 11.3 Å². The molecule has 132 valence electrons. The SMILES string of the molecule is Cc1c(N[C@H](C)C(C)C)cccc1C(=O)N[C@H]1CCC(=O)N(C)C1. The Morgan fingerprint density at radius 3 is 2.62 bits per heavy atom. The Labute approximate surface area is 144 Å². The van der Waals surface area contributed by atoms with E-state index in [1.165, 1.54) is 0 Å². The summed E-state index contributed by atoms with van der Waals surface area (Å²) < 4.78 is 0. The molecule has 1 aromatic carbocycles. The largest absolute Gasteiger partial charge is 0.382 e. The van der Waals surface area contributed by atoms with Gasteiger partial charge in [0.05, 0.1) is 0 Å². The number of nitrogens with zero attached hydrogens (tertiary/aromatic N) is 1. The molecular weight excluding hydrogens is 302 g/mol. The fraction of sp³-hybridized carbons (Fsp3) is 0.579. The average molecular weight is 331 g/mol. The maximum atomic E-state index is 12.7. The Hall–Kier alpha value is -2.04. The van der Waals surface area contributed by atoms with Gasteiger partial charge in [0.2, 0.25) is 5.91 Å². The van der Waals surface area contributed by atoms with Crippen molar-refractivity contribution in [1.29, 1.82) is 0 Å². The molecule has 5 nitrogen and oxygen atoms in total. The first-order chi connectivity index (χ1) is 11.3. The summed E-state index contributed by atoms with van der Waals surface area (Å²) in [5.74, 6) is 0.587. The molecule has 1 fully saturated rings. The van der Waals surface area contributed by atoms with Crippen molar-refractivity contribution in [3.8, 4) is 0 Å². The van der Waals surface area contributed by atoms with Crippen LogP contribution in [-0.4, -0.2) is 42.4 Å². The molecule has 2 N–H and O–H groups in total. The molecule has 0 aliphatic carbocycles. The fourth-order valence-corrected chi connectivity index (χ4v) is 2.84. The Morgan fingerprint density at radius 2 is 2.00 bits per heavy atom. The van der Waals surface area contributed by atoms with Gasteiger partial charge in [0.25, 0.3) is 5.91 Å². The van der Waals surface area contributed by atoms with E-state index >= 15 is 0 Å². The Kier molecular flexibility index (Phi) is 5.86. The summed E-state index contributed by atoms with van der Waals surface area (Å²) in [5, 5.41) is 6.56. The fourth-order valence-electron chi connectivity index (χ4n) is 2.84. The molecule has 0 bridgehead atoms. The number of carbonyl (C=O) groups excluding carboxylic acids is 2. The first-order valence-electron chi connectivity index (χ1n) is 8.70. The van der Waals surface area contributed by atoms with Crippen LogP contribution < -0.4 is 10.6 Å². The normalized spacial score (nSPS) is 19.3. The molecule has 0 saturated carbocycles. The third-order valence-electron chi connectivity index (χ3n) is 4.92. The molecule has 2 atom stereocenters. The van der Waals surface area contributed by atoms with Gasteiger partial charge < -0.3 is 15.5 Å². The van der Waals surface area contributed by atoms with Crippen molar-refractivity contribution in [3.05, 3.63) is 29.3 Å². The summed E-state index contributed by atoms with van der Waals surface area (Å²) in [6.45, 7) is 9.04. The summed E-state index contributed by atoms with van der Waals surface area (Å²) in [5.41, 5.74) is 2.65. The van der Waals surface area contributed by atoms with Gasteiger partial charge in [0.1, 0.15) is 0 Å². The molecule has 0 unspecified atom stereocenters. The molecule has 1 aliphatic rings. The molecule has 1 heterocycles. The van der Waals surface area contributed by atoms with Crippen molar-refractivity contribution in [2.24, 2.45) is 5.92 Å². The van der Waals surface area contributed by atoms with E-state index in [1.807, 2.05) is 25.1 Å². The third-order valence-corrected chi connectivity index (χ3v) is 4.92. The number of likely N-dealkylation sites (tertiary alicyclic amines) is 1. The predicted molar refractivity (Wildman–Crippen MR) is 97.2 cm³/mol. The van der Waals surface area contributed by atoms with Crippen molar-refractivity contribution >= 4 is 17.5 Å². The standard InChI is InChI=1S/C19H29N3O2/c1-12(2)14(4)20-17-8-6-7-16(13(17)3)19(24)21-15-9-10-18(23)22(5)11-15/h6-8,12,14-15,20H,9-11H2,1-5H3,(H,21,24)/t14-,15+/m1/s1. The molecule has 2 rings (SSSR count). The van der Waals surface area contributed by atoms with Crippen LogP contribution in [0.1, 0.15) is 49.5 Å².